The number of hydroxylamine groups is 2. The Morgan fingerprint density at radius 1 is 1.12 bits per heavy atom. The summed E-state index contributed by atoms with van der Waals surface area (Å²) in [7, 11) is 0. The van der Waals surface area contributed by atoms with Crippen LogP contribution in [0.2, 0.25) is 0 Å². The molecule has 0 saturated carbocycles. The second-order valence-corrected chi connectivity index (χ2v) is 8.90. The highest BCUT2D eigenvalue weighted by Gasteiger charge is 2.31. The van der Waals surface area contributed by atoms with Gasteiger partial charge in [0.25, 0.3) is 0 Å². The summed E-state index contributed by atoms with van der Waals surface area (Å²) < 4.78 is 5.24. The van der Waals surface area contributed by atoms with Crippen molar-refractivity contribution in [1.82, 2.24) is 10.4 Å². The zero-order valence-electron chi connectivity index (χ0n) is 20.1. The van der Waals surface area contributed by atoms with E-state index in [0.717, 1.165) is 17.0 Å². The van der Waals surface area contributed by atoms with Crippen LogP contribution in [0, 0.1) is 5.92 Å². The van der Waals surface area contributed by atoms with Gasteiger partial charge in [0.1, 0.15) is 5.60 Å². The molecule has 33 heavy (non-hydrogen) atoms. The van der Waals surface area contributed by atoms with Gasteiger partial charge in [-0.2, -0.15) is 0 Å². The van der Waals surface area contributed by atoms with Crippen molar-refractivity contribution in [2.45, 2.75) is 71.4 Å². The molecule has 0 radical (unpaired) electrons. The lowest BCUT2D eigenvalue weighted by Gasteiger charge is -2.29. The van der Waals surface area contributed by atoms with Gasteiger partial charge < -0.3 is 20.3 Å². The van der Waals surface area contributed by atoms with Crippen molar-refractivity contribution in [3.8, 4) is 0 Å². The van der Waals surface area contributed by atoms with Gasteiger partial charge in [0.15, 0.2) is 6.04 Å². The number of nitrogens with one attached hydrogen (secondary N) is 1. The number of aliphatic carboxylic acids is 1. The van der Waals surface area contributed by atoms with Gasteiger partial charge in [-0.05, 0) is 39.2 Å². The van der Waals surface area contributed by atoms with Crippen molar-refractivity contribution in [1.29, 1.82) is 0 Å². The number of carboxylic acid groups (broad SMARTS) is 1. The van der Waals surface area contributed by atoms with Gasteiger partial charge in [0.05, 0.1) is 6.61 Å². The first-order valence-corrected chi connectivity index (χ1v) is 11.4. The van der Waals surface area contributed by atoms with E-state index in [1.54, 1.807) is 20.8 Å². The number of benzene rings is 1. The number of aryl methyl sites for hydroxylation is 1. The molecule has 2 atom stereocenters. The van der Waals surface area contributed by atoms with E-state index in [1.807, 2.05) is 37.3 Å². The van der Waals surface area contributed by atoms with Crippen LogP contribution in [0.4, 0.5) is 4.79 Å². The third-order valence-corrected chi connectivity index (χ3v) is 4.77. The Morgan fingerprint density at radius 2 is 1.79 bits per heavy atom. The lowest BCUT2D eigenvalue weighted by atomic mass is 10.1. The third-order valence-electron chi connectivity index (χ3n) is 4.77. The maximum Gasteiger partial charge on any atom is 0.407 e. The predicted octanol–water partition coefficient (Wildman–Crippen LogP) is 3.16. The van der Waals surface area contributed by atoms with Crippen LogP contribution in [0.1, 0.15) is 58.9 Å². The molecule has 9 nitrogen and oxygen atoms in total. The number of ether oxygens (including phenoxy) is 1. The molecule has 186 valence electrons. The maximum absolute atomic E-state index is 12.9. The Balaban J connectivity index is 2.82. The van der Waals surface area contributed by atoms with E-state index in [0.29, 0.717) is 12.8 Å². The topological polar surface area (TPSA) is 125 Å². The molecule has 1 rings (SSSR count). The molecule has 0 aliphatic heterocycles. The summed E-state index contributed by atoms with van der Waals surface area (Å²) in [6.07, 6.45) is 1.30. The molecule has 0 heterocycles. The Morgan fingerprint density at radius 3 is 2.33 bits per heavy atom. The number of alkyl carbamates (subject to hydrolysis) is 1. The zero-order valence-corrected chi connectivity index (χ0v) is 20.1. The van der Waals surface area contributed by atoms with Crippen molar-refractivity contribution in [3.05, 3.63) is 35.9 Å². The molecule has 9 heteroatoms. The number of aliphatic hydroxyl groups is 1. The third kappa shape index (κ3) is 11.7. The van der Waals surface area contributed by atoms with Gasteiger partial charge in [-0.25, -0.2) is 14.7 Å². The normalized spacial score (nSPS) is 13.1. The number of carbonyl (C=O) groups is 3. The SMILES string of the molecule is CCC[C@@H](CNC(=O)OC(C)(C)C)CON(C(=O)CCc1ccccc1)[C@@H](CCO)C(=O)O. The summed E-state index contributed by atoms with van der Waals surface area (Å²) in [5.41, 5.74) is 0.326. The van der Waals surface area contributed by atoms with Crippen molar-refractivity contribution in [2.75, 3.05) is 19.8 Å². The monoisotopic (exact) mass is 466 g/mol. The first kappa shape index (κ1) is 28.4. The Labute approximate surface area is 196 Å². The van der Waals surface area contributed by atoms with Crippen LogP contribution in [-0.4, -0.2) is 64.6 Å². The minimum atomic E-state index is -1.31. The summed E-state index contributed by atoms with van der Waals surface area (Å²) in [6, 6.07) is 8.09. The summed E-state index contributed by atoms with van der Waals surface area (Å²) in [5.74, 6) is -1.89. The van der Waals surface area contributed by atoms with Crippen LogP contribution in [0.25, 0.3) is 0 Å². The summed E-state index contributed by atoms with van der Waals surface area (Å²) in [5, 5.41) is 22.5. The first-order valence-electron chi connectivity index (χ1n) is 11.4. The van der Waals surface area contributed by atoms with Crippen molar-refractivity contribution >= 4 is 18.0 Å². The molecular formula is C24H38N2O7. The van der Waals surface area contributed by atoms with Crippen LogP contribution in [0.3, 0.4) is 0 Å². The van der Waals surface area contributed by atoms with E-state index >= 15 is 0 Å². The van der Waals surface area contributed by atoms with Crippen LogP contribution in [0.15, 0.2) is 30.3 Å². The van der Waals surface area contributed by atoms with Crippen molar-refractivity contribution in [3.63, 3.8) is 0 Å². The van der Waals surface area contributed by atoms with Crippen LogP contribution >= 0.6 is 0 Å². The highest BCUT2D eigenvalue weighted by Crippen LogP contribution is 2.15. The average Bonchev–Trinajstić information content (AvgIpc) is 2.74. The Bertz CT molecular complexity index is 734. The van der Waals surface area contributed by atoms with Gasteiger partial charge in [-0.15, -0.1) is 0 Å². The number of hydrogen-bond acceptors (Lipinski definition) is 6. The number of amides is 2. The fourth-order valence-electron chi connectivity index (χ4n) is 3.19. The minimum absolute atomic E-state index is 0.0376. The largest absolute Gasteiger partial charge is 0.480 e. The van der Waals surface area contributed by atoms with Gasteiger partial charge in [0, 0.05) is 31.9 Å². The lowest BCUT2D eigenvalue weighted by Crippen LogP contribution is -2.47. The minimum Gasteiger partial charge on any atom is -0.480 e. The molecule has 0 aromatic heterocycles. The molecule has 0 aliphatic rings. The molecule has 0 spiro atoms. The number of carboxylic acids is 1. The first-order chi connectivity index (χ1) is 15.6. The van der Waals surface area contributed by atoms with Gasteiger partial charge >= 0.3 is 12.1 Å². The molecule has 0 saturated heterocycles. The molecule has 0 bridgehead atoms. The smallest absolute Gasteiger partial charge is 0.407 e. The standard InChI is InChI=1S/C24H38N2O7/c1-5-9-19(16-25-23(31)33-24(2,3)4)17-32-26(20(14-15-27)22(29)30)21(28)13-12-18-10-7-6-8-11-18/h6-8,10-11,19-20,27H,5,9,12-17H2,1-4H3,(H,25,31)(H,29,30)/t19-,20-/m0/s1. The summed E-state index contributed by atoms with van der Waals surface area (Å²) in [4.78, 5) is 42.4. The molecule has 0 aliphatic carbocycles. The molecule has 2 amide bonds. The molecule has 1 aromatic carbocycles. The molecule has 3 N–H and O–H groups in total. The van der Waals surface area contributed by atoms with Gasteiger partial charge in [0.2, 0.25) is 5.91 Å². The van der Waals surface area contributed by atoms with E-state index in [-0.39, 0.29) is 31.9 Å². The van der Waals surface area contributed by atoms with Gasteiger partial charge in [-0.1, -0.05) is 43.7 Å². The number of nitrogens with zero attached hydrogens (tertiary/aromatic N) is 1. The quantitative estimate of drug-likeness (QED) is 0.360. The molecule has 0 unspecified atom stereocenters. The second-order valence-electron chi connectivity index (χ2n) is 8.90. The zero-order chi connectivity index (χ0) is 24.9. The number of aliphatic hydroxyl groups excluding tert-OH is 1. The summed E-state index contributed by atoms with van der Waals surface area (Å²) in [6.45, 7) is 7.18. The highest BCUT2D eigenvalue weighted by molar-refractivity contribution is 5.82. The van der Waals surface area contributed by atoms with Crippen molar-refractivity contribution in [2.24, 2.45) is 5.92 Å². The number of rotatable bonds is 14. The van der Waals surface area contributed by atoms with Crippen LogP contribution in [0.5, 0.6) is 0 Å². The van der Waals surface area contributed by atoms with E-state index < -0.39 is 36.2 Å². The predicted molar refractivity (Wildman–Crippen MR) is 123 cm³/mol. The molecule has 0 fully saturated rings. The summed E-state index contributed by atoms with van der Waals surface area (Å²) >= 11 is 0. The highest BCUT2D eigenvalue weighted by atomic mass is 16.7. The molecular weight excluding hydrogens is 428 g/mol. The fraction of sp³-hybridized carbons (Fsp3) is 0.625. The van der Waals surface area contributed by atoms with Crippen molar-refractivity contribution < 1.29 is 34.2 Å². The molecule has 1 aromatic rings. The van der Waals surface area contributed by atoms with E-state index in [1.165, 1.54) is 0 Å². The van der Waals surface area contributed by atoms with E-state index in [9.17, 15) is 24.6 Å². The second kappa shape index (κ2) is 14.5. The average molecular weight is 467 g/mol. The maximum atomic E-state index is 12.9. The number of hydrogen-bond donors (Lipinski definition) is 3. The Kier molecular flexibility index (Phi) is 12.5. The fourth-order valence-corrected chi connectivity index (χ4v) is 3.19. The van der Waals surface area contributed by atoms with Crippen LogP contribution < -0.4 is 5.32 Å². The Hall–Kier alpha value is -2.65. The number of carbonyl (C=O) groups excluding carboxylic acids is 2. The van der Waals surface area contributed by atoms with Gasteiger partial charge in [-0.3, -0.25) is 9.63 Å². The van der Waals surface area contributed by atoms with Crippen LogP contribution in [-0.2, 0) is 25.6 Å². The van der Waals surface area contributed by atoms with E-state index in [2.05, 4.69) is 5.32 Å². The van der Waals surface area contributed by atoms with E-state index in [4.69, 9.17) is 9.57 Å². The lowest BCUT2D eigenvalue weighted by molar-refractivity contribution is -0.212.